The predicted molar refractivity (Wildman–Crippen MR) is 126 cm³/mol. The fourth-order valence-electron chi connectivity index (χ4n) is 3.45. The first kappa shape index (κ1) is 23.2. The third kappa shape index (κ3) is 6.03. The van der Waals surface area contributed by atoms with Crippen molar-refractivity contribution in [3.8, 4) is 0 Å². The van der Waals surface area contributed by atoms with Crippen molar-refractivity contribution >= 4 is 60.8 Å². The maximum Gasteiger partial charge on any atom is 0.242 e. The van der Waals surface area contributed by atoms with Gasteiger partial charge in [0.05, 0.1) is 9.83 Å². The molecule has 1 fully saturated rings. The van der Waals surface area contributed by atoms with Crippen LogP contribution in [-0.2, 0) is 22.6 Å². The van der Waals surface area contributed by atoms with Crippen LogP contribution >= 0.6 is 43.2 Å². The van der Waals surface area contributed by atoms with E-state index in [1.165, 1.54) is 4.88 Å². The molecule has 1 saturated heterocycles. The molecule has 1 aliphatic heterocycles. The van der Waals surface area contributed by atoms with E-state index in [1.54, 1.807) is 24.3 Å². The van der Waals surface area contributed by atoms with Gasteiger partial charge in [-0.25, -0.2) is 4.98 Å². The van der Waals surface area contributed by atoms with Crippen LogP contribution in [0.2, 0.25) is 0 Å². The Balaban J connectivity index is 1.45. The van der Waals surface area contributed by atoms with E-state index >= 15 is 0 Å². The molecule has 2 aromatic heterocycles. The summed E-state index contributed by atoms with van der Waals surface area (Å²) in [6.07, 6.45) is 1.68. The van der Waals surface area contributed by atoms with Gasteiger partial charge in [-0.2, -0.15) is 0 Å². The second-order valence-electron chi connectivity index (χ2n) is 7.53. The minimum absolute atomic E-state index is 0.140. The topological polar surface area (TPSA) is 109 Å². The quantitative estimate of drug-likeness (QED) is 0.418. The summed E-state index contributed by atoms with van der Waals surface area (Å²) >= 11 is 8.74. The van der Waals surface area contributed by atoms with Crippen molar-refractivity contribution in [2.75, 3.05) is 12.3 Å². The summed E-state index contributed by atoms with van der Waals surface area (Å²) in [7, 11) is 0. The smallest absolute Gasteiger partial charge is 0.242 e. The largest absolute Gasteiger partial charge is 0.384 e. The molecule has 0 bridgehead atoms. The van der Waals surface area contributed by atoms with Gasteiger partial charge in [0.1, 0.15) is 11.9 Å². The number of rotatable bonds is 7. The fourth-order valence-corrected chi connectivity index (χ4v) is 5.74. The van der Waals surface area contributed by atoms with Crippen LogP contribution in [0.3, 0.4) is 0 Å². The number of amides is 2. The molecule has 2 amide bonds. The van der Waals surface area contributed by atoms with Gasteiger partial charge >= 0.3 is 0 Å². The van der Waals surface area contributed by atoms with Crippen molar-refractivity contribution in [1.82, 2.24) is 20.9 Å². The average Bonchev–Trinajstić information content (AvgIpc) is 3.27. The van der Waals surface area contributed by atoms with Gasteiger partial charge in [-0.3, -0.25) is 9.59 Å². The standard InChI is InChI=1S/C20H25Br2N5O2S/c1-10-13(3-4-17(23)26-10)9-25-19(28)11(2)27-20(29)16-6-12(8-24-16)5-14-7-15(21)18(22)30-14/h3-4,7,11-12,16,24H,5-6,8-9H2,1-2H3,(H2,23,26)(H,25,28)(H,27,29)/t11-,12-,16+/m0/s1. The van der Waals surface area contributed by atoms with E-state index in [4.69, 9.17) is 5.73 Å². The second-order valence-corrected chi connectivity index (χ2v) is 10.8. The monoisotopic (exact) mass is 557 g/mol. The lowest BCUT2D eigenvalue weighted by molar-refractivity contribution is -0.129. The number of carbonyl (C=O) groups is 2. The van der Waals surface area contributed by atoms with Gasteiger partial charge in [0, 0.05) is 21.6 Å². The van der Waals surface area contributed by atoms with Crippen LogP contribution < -0.4 is 21.7 Å². The van der Waals surface area contributed by atoms with Crippen molar-refractivity contribution in [1.29, 1.82) is 0 Å². The van der Waals surface area contributed by atoms with Gasteiger partial charge in [-0.15, -0.1) is 11.3 Å². The highest BCUT2D eigenvalue weighted by atomic mass is 79.9. The Morgan fingerprint density at radius 3 is 2.83 bits per heavy atom. The summed E-state index contributed by atoms with van der Waals surface area (Å²) in [5.41, 5.74) is 7.32. The molecule has 0 spiro atoms. The normalized spacial score (nSPS) is 19.5. The van der Waals surface area contributed by atoms with E-state index in [9.17, 15) is 9.59 Å². The Morgan fingerprint density at radius 1 is 1.40 bits per heavy atom. The first-order valence-electron chi connectivity index (χ1n) is 9.70. The van der Waals surface area contributed by atoms with E-state index in [1.807, 2.05) is 13.0 Å². The molecule has 30 heavy (non-hydrogen) atoms. The third-order valence-electron chi connectivity index (χ3n) is 5.15. The predicted octanol–water partition coefficient (Wildman–Crippen LogP) is 2.90. The van der Waals surface area contributed by atoms with E-state index in [0.717, 1.165) is 38.9 Å². The Labute approximate surface area is 196 Å². The van der Waals surface area contributed by atoms with Gasteiger partial charge in [0.15, 0.2) is 0 Å². The minimum Gasteiger partial charge on any atom is -0.384 e. The number of nitrogens with one attached hydrogen (secondary N) is 3. The minimum atomic E-state index is -0.621. The molecule has 1 aliphatic rings. The number of aromatic nitrogens is 1. The number of hydrogen-bond donors (Lipinski definition) is 4. The second kappa shape index (κ2) is 10.2. The maximum atomic E-state index is 12.6. The molecule has 3 rings (SSSR count). The van der Waals surface area contributed by atoms with Crippen molar-refractivity contribution in [3.63, 3.8) is 0 Å². The van der Waals surface area contributed by atoms with Crippen LogP contribution in [0.5, 0.6) is 0 Å². The summed E-state index contributed by atoms with van der Waals surface area (Å²) in [4.78, 5) is 30.4. The molecule has 7 nitrogen and oxygen atoms in total. The van der Waals surface area contributed by atoms with Gasteiger partial charge in [-0.1, -0.05) is 6.07 Å². The fraction of sp³-hybridized carbons (Fsp3) is 0.450. The number of nitrogen functional groups attached to an aromatic ring is 1. The molecule has 2 aromatic rings. The Kier molecular flexibility index (Phi) is 7.89. The Morgan fingerprint density at radius 2 is 2.17 bits per heavy atom. The number of carbonyl (C=O) groups excluding carboxylic acids is 2. The lowest BCUT2D eigenvalue weighted by Crippen LogP contribution is -2.50. The number of aryl methyl sites for hydroxylation is 1. The molecule has 10 heteroatoms. The molecule has 162 valence electrons. The maximum absolute atomic E-state index is 12.6. The number of nitrogens with zero attached hydrogens (tertiary/aromatic N) is 1. The van der Waals surface area contributed by atoms with Crippen molar-refractivity contribution < 1.29 is 9.59 Å². The zero-order valence-electron chi connectivity index (χ0n) is 16.8. The molecule has 5 N–H and O–H groups in total. The van der Waals surface area contributed by atoms with Crippen LogP contribution in [0.25, 0.3) is 0 Å². The van der Waals surface area contributed by atoms with E-state index in [0.29, 0.717) is 18.3 Å². The van der Waals surface area contributed by atoms with Crippen LogP contribution in [0.4, 0.5) is 5.82 Å². The molecular formula is C20H25Br2N5O2S. The molecular weight excluding hydrogens is 534 g/mol. The molecule has 0 radical (unpaired) electrons. The van der Waals surface area contributed by atoms with Crippen LogP contribution in [-0.4, -0.2) is 35.4 Å². The molecule has 3 atom stereocenters. The molecule has 0 aromatic carbocycles. The summed E-state index contributed by atoms with van der Waals surface area (Å²) in [5.74, 6) is 0.467. The number of thiophene rings is 1. The van der Waals surface area contributed by atoms with Gasteiger partial charge in [0.25, 0.3) is 0 Å². The summed E-state index contributed by atoms with van der Waals surface area (Å²) in [6, 6.07) is 4.77. The zero-order chi connectivity index (χ0) is 21.8. The van der Waals surface area contributed by atoms with Crippen LogP contribution in [0, 0.1) is 12.8 Å². The molecule has 3 heterocycles. The summed E-state index contributed by atoms with van der Waals surface area (Å²) in [6.45, 7) is 4.66. The highest BCUT2D eigenvalue weighted by Crippen LogP contribution is 2.34. The van der Waals surface area contributed by atoms with Gasteiger partial charge < -0.3 is 21.7 Å². The number of halogens is 2. The summed E-state index contributed by atoms with van der Waals surface area (Å²) in [5, 5.41) is 8.94. The Hall–Kier alpha value is -1.49. The SMILES string of the molecule is Cc1nc(N)ccc1CNC(=O)[C@H](C)NC(=O)[C@H]1C[C@H](Cc2cc(Br)c(Br)s2)CN1. The number of hydrogen-bond acceptors (Lipinski definition) is 6. The van der Waals surface area contributed by atoms with Crippen molar-refractivity contribution in [2.24, 2.45) is 5.92 Å². The van der Waals surface area contributed by atoms with Crippen LogP contribution in [0.1, 0.15) is 29.5 Å². The first-order valence-corrected chi connectivity index (χ1v) is 12.1. The van der Waals surface area contributed by atoms with Crippen molar-refractivity contribution in [3.05, 3.63) is 42.6 Å². The molecule has 0 aliphatic carbocycles. The van der Waals surface area contributed by atoms with E-state index < -0.39 is 6.04 Å². The van der Waals surface area contributed by atoms with E-state index in [-0.39, 0.29) is 17.9 Å². The molecule has 0 unspecified atom stereocenters. The highest BCUT2D eigenvalue weighted by molar-refractivity contribution is 9.13. The highest BCUT2D eigenvalue weighted by Gasteiger charge is 2.31. The lowest BCUT2D eigenvalue weighted by atomic mass is 10.0. The number of pyridine rings is 1. The van der Waals surface area contributed by atoms with Gasteiger partial charge in [0.2, 0.25) is 11.8 Å². The van der Waals surface area contributed by atoms with Crippen LogP contribution in [0.15, 0.2) is 26.5 Å². The first-order chi connectivity index (χ1) is 14.2. The zero-order valence-corrected chi connectivity index (χ0v) is 20.8. The van der Waals surface area contributed by atoms with E-state index in [2.05, 4.69) is 58.9 Å². The third-order valence-corrected chi connectivity index (χ3v) is 8.42. The van der Waals surface area contributed by atoms with Crippen molar-refractivity contribution in [2.45, 2.75) is 45.3 Å². The average molecular weight is 559 g/mol. The van der Waals surface area contributed by atoms with Gasteiger partial charge in [-0.05, 0) is 88.7 Å². The number of nitrogens with two attached hydrogens (primary N) is 1. The molecule has 0 saturated carbocycles. The Bertz CT molecular complexity index is 916. The summed E-state index contributed by atoms with van der Waals surface area (Å²) < 4.78 is 2.15. The number of anilines is 1. The lowest BCUT2D eigenvalue weighted by Gasteiger charge is -2.17.